The van der Waals surface area contributed by atoms with Crippen molar-refractivity contribution in [3.05, 3.63) is 35.5 Å². The summed E-state index contributed by atoms with van der Waals surface area (Å²) in [4.78, 5) is 12.7. The van der Waals surface area contributed by atoms with Crippen molar-refractivity contribution in [3.8, 4) is 0 Å². The number of benzene rings is 1. The Bertz CT molecular complexity index is 527. The van der Waals surface area contributed by atoms with E-state index in [0.717, 1.165) is 0 Å². The molecule has 0 aliphatic heterocycles. The molecule has 0 saturated carbocycles. The van der Waals surface area contributed by atoms with Crippen LogP contribution in [0.4, 0.5) is 13.2 Å². The van der Waals surface area contributed by atoms with Crippen LogP contribution < -0.4 is 0 Å². The van der Waals surface area contributed by atoms with Crippen LogP contribution in [0, 0.1) is 0 Å². The number of hydrogen-bond donors (Lipinski definition) is 1. The number of hydrogen-bond acceptors (Lipinski definition) is 1. The number of rotatable bonds is 2. The van der Waals surface area contributed by atoms with Crippen molar-refractivity contribution in [2.24, 2.45) is 0 Å². The average molecular weight is 227 g/mol. The van der Waals surface area contributed by atoms with E-state index in [1.54, 1.807) is 24.3 Å². The lowest BCUT2D eigenvalue weighted by Gasteiger charge is -2.05. The van der Waals surface area contributed by atoms with E-state index >= 15 is 0 Å². The summed E-state index contributed by atoms with van der Waals surface area (Å²) in [6.07, 6.45) is -4.22. The lowest BCUT2D eigenvalue weighted by Crippen LogP contribution is -2.09. The molecule has 0 atom stereocenters. The van der Waals surface area contributed by atoms with Crippen molar-refractivity contribution in [3.63, 3.8) is 0 Å². The van der Waals surface area contributed by atoms with E-state index in [0.29, 0.717) is 17.2 Å². The predicted octanol–water partition coefficient (Wildman–Crippen LogP) is 2.93. The first-order chi connectivity index (χ1) is 7.54. The number of aromatic amines is 1. The minimum Gasteiger partial charge on any atom is -0.351 e. The molecule has 1 heterocycles. The third-order valence-electron chi connectivity index (χ3n) is 2.38. The first-order valence-corrected chi connectivity index (χ1v) is 4.64. The number of aromatic nitrogens is 1. The second-order valence-corrected chi connectivity index (χ2v) is 3.39. The summed E-state index contributed by atoms with van der Waals surface area (Å²) in [6, 6.07) is 6.41. The number of alkyl halides is 3. The number of halogens is 3. The quantitative estimate of drug-likeness (QED) is 0.786. The van der Waals surface area contributed by atoms with Gasteiger partial charge in [-0.2, -0.15) is 13.2 Å². The molecule has 0 aliphatic rings. The monoisotopic (exact) mass is 227 g/mol. The molecule has 0 aliphatic carbocycles. The van der Waals surface area contributed by atoms with Crippen LogP contribution in [0.2, 0.25) is 0 Å². The normalized spacial score (nSPS) is 11.9. The van der Waals surface area contributed by atoms with Gasteiger partial charge in [0.05, 0.1) is 0 Å². The van der Waals surface area contributed by atoms with Crippen LogP contribution in [0.3, 0.4) is 0 Å². The number of carbonyl (C=O) groups is 1. The highest BCUT2D eigenvalue weighted by atomic mass is 19.4. The largest absolute Gasteiger partial charge is 0.431 e. The molecule has 0 unspecified atom stereocenters. The summed E-state index contributed by atoms with van der Waals surface area (Å²) in [5.74, 6) is 0. The first kappa shape index (κ1) is 10.7. The van der Waals surface area contributed by atoms with Gasteiger partial charge in [-0.1, -0.05) is 18.2 Å². The van der Waals surface area contributed by atoms with Gasteiger partial charge in [0.15, 0.2) is 0 Å². The molecular weight excluding hydrogens is 219 g/mol. The van der Waals surface area contributed by atoms with E-state index in [2.05, 4.69) is 4.98 Å². The van der Waals surface area contributed by atoms with Gasteiger partial charge in [0.1, 0.15) is 12.0 Å². The van der Waals surface area contributed by atoms with Crippen molar-refractivity contribution < 1.29 is 18.0 Å². The van der Waals surface area contributed by atoms with Gasteiger partial charge in [-0.05, 0) is 11.6 Å². The Kier molecular flexibility index (Phi) is 2.46. The fourth-order valence-corrected chi connectivity index (χ4v) is 1.74. The minimum absolute atomic E-state index is 0.0121. The SMILES string of the molecule is O=CCc1c(C(F)(F)F)[nH]c2ccccc12. The molecular formula is C11H8F3NO. The molecule has 0 amide bonds. The topological polar surface area (TPSA) is 32.9 Å². The average Bonchev–Trinajstić information content (AvgIpc) is 2.58. The van der Waals surface area contributed by atoms with Crippen molar-refractivity contribution in [1.82, 2.24) is 4.98 Å². The maximum atomic E-state index is 12.7. The number of carbonyl (C=O) groups excluding carboxylic acids is 1. The zero-order valence-corrected chi connectivity index (χ0v) is 8.14. The summed E-state index contributed by atoms with van der Waals surface area (Å²) >= 11 is 0. The molecule has 1 N–H and O–H groups in total. The number of para-hydroxylation sites is 1. The molecule has 0 fully saturated rings. The second-order valence-electron chi connectivity index (χ2n) is 3.39. The zero-order chi connectivity index (χ0) is 11.8. The molecule has 0 spiro atoms. The zero-order valence-electron chi connectivity index (χ0n) is 8.14. The summed E-state index contributed by atoms with van der Waals surface area (Å²) in [5, 5.41) is 0.446. The smallest absolute Gasteiger partial charge is 0.351 e. The minimum atomic E-state index is -4.46. The van der Waals surface area contributed by atoms with Crippen molar-refractivity contribution in [2.45, 2.75) is 12.6 Å². The van der Waals surface area contributed by atoms with Crippen LogP contribution in [0.5, 0.6) is 0 Å². The second kappa shape index (κ2) is 3.66. The van der Waals surface area contributed by atoms with Gasteiger partial charge in [-0.25, -0.2) is 0 Å². The number of aldehydes is 1. The van der Waals surface area contributed by atoms with E-state index in [4.69, 9.17) is 0 Å². The lowest BCUT2D eigenvalue weighted by molar-refractivity contribution is -0.141. The van der Waals surface area contributed by atoms with Crippen LogP contribution in [-0.2, 0) is 17.4 Å². The van der Waals surface area contributed by atoms with E-state index in [-0.39, 0.29) is 12.0 Å². The van der Waals surface area contributed by atoms with Crippen LogP contribution in [0.15, 0.2) is 24.3 Å². The fraction of sp³-hybridized carbons (Fsp3) is 0.182. The number of nitrogens with one attached hydrogen (secondary N) is 1. The van der Waals surface area contributed by atoms with Crippen molar-refractivity contribution in [1.29, 1.82) is 0 Å². The molecule has 16 heavy (non-hydrogen) atoms. The molecule has 0 bridgehead atoms. The predicted molar refractivity (Wildman–Crippen MR) is 53.1 cm³/mol. The van der Waals surface area contributed by atoms with E-state index in [1.165, 1.54) is 0 Å². The Morgan fingerprint density at radius 3 is 2.56 bits per heavy atom. The van der Waals surface area contributed by atoms with E-state index in [1.807, 2.05) is 0 Å². The Hall–Kier alpha value is -1.78. The van der Waals surface area contributed by atoms with E-state index in [9.17, 15) is 18.0 Å². The summed E-state index contributed by atoms with van der Waals surface area (Å²) in [6.45, 7) is 0. The molecule has 5 heteroatoms. The van der Waals surface area contributed by atoms with Crippen LogP contribution >= 0.6 is 0 Å². The standard InChI is InChI=1S/C11H8F3NO/c12-11(13,14)10-8(5-6-16)7-3-1-2-4-9(7)15-10/h1-4,6,15H,5H2. The van der Waals surface area contributed by atoms with Crippen LogP contribution in [0.1, 0.15) is 11.3 Å². The van der Waals surface area contributed by atoms with Crippen LogP contribution in [0.25, 0.3) is 10.9 Å². The Morgan fingerprint density at radius 1 is 1.25 bits per heavy atom. The maximum Gasteiger partial charge on any atom is 0.431 e. The molecule has 2 nitrogen and oxygen atoms in total. The molecule has 1 aromatic heterocycles. The molecule has 1 aromatic carbocycles. The van der Waals surface area contributed by atoms with Crippen molar-refractivity contribution >= 4 is 17.2 Å². The number of fused-ring (bicyclic) bond motifs is 1. The Morgan fingerprint density at radius 2 is 1.94 bits per heavy atom. The van der Waals surface area contributed by atoms with Gasteiger partial charge in [0, 0.05) is 17.3 Å². The van der Waals surface area contributed by atoms with E-state index < -0.39 is 11.9 Å². The highest BCUT2D eigenvalue weighted by Gasteiger charge is 2.35. The third kappa shape index (κ3) is 1.68. The van der Waals surface area contributed by atoms with Gasteiger partial charge in [0.25, 0.3) is 0 Å². The van der Waals surface area contributed by atoms with Crippen molar-refractivity contribution in [2.75, 3.05) is 0 Å². The maximum absolute atomic E-state index is 12.7. The molecule has 2 rings (SSSR count). The fourth-order valence-electron chi connectivity index (χ4n) is 1.74. The first-order valence-electron chi connectivity index (χ1n) is 4.64. The molecule has 0 radical (unpaired) electrons. The van der Waals surface area contributed by atoms with Gasteiger partial charge >= 0.3 is 6.18 Å². The molecule has 0 saturated heterocycles. The Labute approximate surface area is 89.1 Å². The summed E-state index contributed by atoms with van der Waals surface area (Å²) < 4.78 is 38.0. The Balaban J connectivity index is 2.72. The van der Waals surface area contributed by atoms with Gasteiger partial charge in [-0.15, -0.1) is 0 Å². The molecule has 2 aromatic rings. The highest BCUT2D eigenvalue weighted by molar-refractivity contribution is 5.86. The lowest BCUT2D eigenvalue weighted by atomic mass is 10.1. The van der Waals surface area contributed by atoms with Gasteiger partial charge < -0.3 is 9.78 Å². The summed E-state index contributed by atoms with van der Waals surface area (Å²) in [7, 11) is 0. The molecule has 84 valence electrons. The number of H-pyrrole nitrogens is 1. The van der Waals surface area contributed by atoms with Crippen LogP contribution in [-0.4, -0.2) is 11.3 Å². The van der Waals surface area contributed by atoms with Gasteiger partial charge in [0.2, 0.25) is 0 Å². The summed E-state index contributed by atoms with van der Waals surface area (Å²) in [5.41, 5.74) is -0.425. The van der Waals surface area contributed by atoms with Gasteiger partial charge in [-0.3, -0.25) is 0 Å². The highest BCUT2D eigenvalue weighted by Crippen LogP contribution is 2.35. The third-order valence-corrected chi connectivity index (χ3v) is 2.38.